The second-order valence-corrected chi connectivity index (χ2v) is 7.90. The fourth-order valence-electron chi connectivity index (χ4n) is 2.13. The molecule has 0 aliphatic carbocycles. The van der Waals surface area contributed by atoms with E-state index in [-0.39, 0.29) is 17.2 Å². The van der Waals surface area contributed by atoms with E-state index in [2.05, 4.69) is 9.82 Å². The Morgan fingerprint density at radius 3 is 2.68 bits per heavy atom. The van der Waals surface area contributed by atoms with Crippen molar-refractivity contribution < 1.29 is 17.9 Å². The second-order valence-electron chi connectivity index (χ2n) is 5.23. The minimum Gasteiger partial charge on any atom is -0.457 e. The molecule has 0 amide bonds. The quantitative estimate of drug-likeness (QED) is 0.667. The van der Waals surface area contributed by atoms with Gasteiger partial charge in [0, 0.05) is 12.4 Å². The van der Waals surface area contributed by atoms with E-state index in [0.717, 1.165) is 28.8 Å². The molecule has 0 aliphatic heterocycles. The van der Waals surface area contributed by atoms with E-state index < -0.39 is 16.0 Å². The molecule has 0 spiro atoms. The lowest BCUT2D eigenvalue weighted by Crippen LogP contribution is -2.12. The van der Waals surface area contributed by atoms with E-state index in [1.807, 2.05) is 36.5 Å². The summed E-state index contributed by atoms with van der Waals surface area (Å²) in [6.45, 7) is 0.0917. The first-order valence-corrected chi connectivity index (χ1v) is 10.0. The van der Waals surface area contributed by atoms with Crippen LogP contribution < -0.4 is 4.72 Å². The minimum absolute atomic E-state index is 0.0917. The normalized spacial score (nSPS) is 11.2. The average Bonchev–Trinajstić information content (AvgIpc) is 3.23. The Bertz CT molecular complexity index is 961. The van der Waals surface area contributed by atoms with Gasteiger partial charge in [0.1, 0.15) is 11.5 Å². The van der Waals surface area contributed by atoms with Crippen molar-refractivity contribution in [2.24, 2.45) is 0 Å². The largest absolute Gasteiger partial charge is 0.457 e. The maximum atomic E-state index is 12.2. The van der Waals surface area contributed by atoms with Crippen molar-refractivity contribution >= 4 is 33.0 Å². The van der Waals surface area contributed by atoms with E-state index in [9.17, 15) is 13.2 Å². The Morgan fingerprint density at radius 2 is 2.04 bits per heavy atom. The van der Waals surface area contributed by atoms with Crippen LogP contribution in [0.25, 0.3) is 5.69 Å². The average molecular weight is 377 g/mol. The Hall–Kier alpha value is -2.65. The maximum absolute atomic E-state index is 12.2. The first-order chi connectivity index (χ1) is 11.9. The molecule has 1 aromatic carbocycles. The third kappa shape index (κ3) is 4.46. The highest BCUT2D eigenvalue weighted by Crippen LogP contribution is 2.24. The second kappa shape index (κ2) is 7.08. The Kier molecular flexibility index (Phi) is 4.86. The molecular weight excluding hydrogens is 362 g/mol. The van der Waals surface area contributed by atoms with Gasteiger partial charge >= 0.3 is 5.97 Å². The number of anilines is 1. The smallest absolute Gasteiger partial charge is 0.350 e. The van der Waals surface area contributed by atoms with Crippen molar-refractivity contribution in [2.75, 3.05) is 11.0 Å². The fraction of sp³-hybridized carbons (Fsp3) is 0.125. The fourth-order valence-corrected chi connectivity index (χ4v) is 3.50. The zero-order valence-electron chi connectivity index (χ0n) is 13.2. The van der Waals surface area contributed by atoms with E-state index in [1.165, 1.54) is 6.07 Å². The molecule has 130 valence electrons. The number of sulfonamides is 1. The number of nitrogens with one attached hydrogen (secondary N) is 1. The minimum atomic E-state index is -3.46. The molecule has 3 aromatic rings. The summed E-state index contributed by atoms with van der Waals surface area (Å²) >= 11 is 1.12. The van der Waals surface area contributed by atoms with Gasteiger partial charge in [-0.3, -0.25) is 4.72 Å². The zero-order chi connectivity index (χ0) is 17.9. The van der Waals surface area contributed by atoms with Gasteiger partial charge in [0.25, 0.3) is 0 Å². The lowest BCUT2D eigenvalue weighted by molar-refractivity contribution is 0.0479. The Labute approximate surface area is 148 Å². The van der Waals surface area contributed by atoms with Crippen LogP contribution in [0.3, 0.4) is 0 Å². The van der Waals surface area contributed by atoms with Gasteiger partial charge in [0.15, 0.2) is 0 Å². The molecule has 0 saturated carbocycles. The monoisotopic (exact) mass is 377 g/mol. The summed E-state index contributed by atoms with van der Waals surface area (Å²) in [4.78, 5) is 12.4. The van der Waals surface area contributed by atoms with Crippen molar-refractivity contribution in [3.8, 4) is 5.69 Å². The van der Waals surface area contributed by atoms with Crippen LogP contribution in [0, 0.1) is 0 Å². The lowest BCUT2D eigenvalue weighted by Gasteiger charge is -2.07. The van der Waals surface area contributed by atoms with Crippen LogP contribution >= 0.6 is 11.3 Å². The first-order valence-electron chi connectivity index (χ1n) is 7.24. The number of hydrogen-bond acceptors (Lipinski definition) is 6. The molecule has 2 aromatic heterocycles. The molecule has 0 unspecified atom stereocenters. The van der Waals surface area contributed by atoms with E-state index in [1.54, 1.807) is 16.3 Å². The molecule has 9 heteroatoms. The molecule has 0 aliphatic rings. The molecule has 3 rings (SSSR count). The van der Waals surface area contributed by atoms with Gasteiger partial charge in [0.05, 0.1) is 17.6 Å². The molecule has 0 fully saturated rings. The third-order valence-corrected chi connectivity index (χ3v) is 4.71. The van der Waals surface area contributed by atoms with Crippen LogP contribution in [0.15, 0.2) is 54.2 Å². The van der Waals surface area contributed by atoms with Crippen LogP contribution in [0.4, 0.5) is 5.69 Å². The van der Waals surface area contributed by atoms with Crippen LogP contribution in [0.1, 0.15) is 15.2 Å². The summed E-state index contributed by atoms with van der Waals surface area (Å²) in [7, 11) is -3.46. The molecule has 1 N–H and O–H groups in total. The Balaban J connectivity index is 1.64. The van der Waals surface area contributed by atoms with Gasteiger partial charge in [-0.15, -0.1) is 11.3 Å². The van der Waals surface area contributed by atoms with Crippen molar-refractivity contribution in [1.29, 1.82) is 0 Å². The lowest BCUT2D eigenvalue weighted by atomic mass is 10.2. The standard InChI is InChI=1S/C16H15N3O4S2/c1-25(21,22)18-14-7-10-24-15(14)16(20)23-11-12-3-5-13(6-4-12)19-9-2-8-17-19/h2-10,18H,11H2,1H3. The summed E-state index contributed by atoms with van der Waals surface area (Å²) in [6.07, 6.45) is 4.56. The molecule has 0 atom stereocenters. The van der Waals surface area contributed by atoms with E-state index in [4.69, 9.17) is 4.74 Å². The van der Waals surface area contributed by atoms with Crippen LogP contribution in [0.2, 0.25) is 0 Å². The molecule has 0 radical (unpaired) electrons. The predicted molar refractivity (Wildman–Crippen MR) is 95.5 cm³/mol. The predicted octanol–water partition coefficient (Wildman–Crippen LogP) is 2.66. The van der Waals surface area contributed by atoms with Gasteiger partial charge < -0.3 is 4.74 Å². The molecule has 0 saturated heterocycles. The molecule has 25 heavy (non-hydrogen) atoms. The van der Waals surface area contributed by atoms with Gasteiger partial charge in [-0.25, -0.2) is 17.9 Å². The summed E-state index contributed by atoms with van der Waals surface area (Å²) in [5.74, 6) is -0.572. The van der Waals surface area contributed by atoms with Gasteiger partial charge in [-0.2, -0.15) is 5.10 Å². The number of benzene rings is 1. The number of hydrogen-bond donors (Lipinski definition) is 1. The Morgan fingerprint density at radius 1 is 1.28 bits per heavy atom. The number of carbonyl (C=O) groups excluding carboxylic acids is 1. The third-order valence-electron chi connectivity index (χ3n) is 3.22. The van der Waals surface area contributed by atoms with E-state index in [0.29, 0.717) is 0 Å². The van der Waals surface area contributed by atoms with Crippen LogP contribution in [0.5, 0.6) is 0 Å². The molecule has 0 bridgehead atoms. The zero-order valence-corrected chi connectivity index (χ0v) is 14.9. The van der Waals surface area contributed by atoms with Gasteiger partial charge in [0.2, 0.25) is 10.0 Å². The summed E-state index contributed by atoms with van der Waals surface area (Å²) in [6, 6.07) is 10.8. The first kappa shape index (κ1) is 17.2. The highest BCUT2D eigenvalue weighted by molar-refractivity contribution is 7.92. The van der Waals surface area contributed by atoms with Crippen molar-refractivity contribution in [3.63, 3.8) is 0 Å². The van der Waals surface area contributed by atoms with Crippen molar-refractivity contribution in [2.45, 2.75) is 6.61 Å². The summed E-state index contributed by atoms with van der Waals surface area (Å²) in [5, 5.41) is 5.77. The van der Waals surface area contributed by atoms with Gasteiger partial charge in [-0.1, -0.05) is 12.1 Å². The molecule has 2 heterocycles. The highest BCUT2D eigenvalue weighted by Gasteiger charge is 2.17. The number of ether oxygens (including phenoxy) is 1. The maximum Gasteiger partial charge on any atom is 0.350 e. The van der Waals surface area contributed by atoms with Crippen LogP contribution in [-0.4, -0.2) is 30.4 Å². The SMILES string of the molecule is CS(=O)(=O)Nc1ccsc1C(=O)OCc1ccc(-n2cccn2)cc1. The molecular formula is C16H15N3O4S2. The summed E-state index contributed by atoms with van der Waals surface area (Å²) < 4.78 is 31.9. The highest BCUT2D eigenvalue weighted by atomic mass is 32.2. The van der Waals surface area contributed by atoms with Crippen molar-refractivity contribution in [3.05, 3.63) is 64.6 Å². The van der Waals surface area contributed by atoms with Gasteiger partial charge in [-0.05, 0) is 35.2 Å². The number of aromatic nitrogens is 2. The van der Waals surface area contributed by atoms with E-state index >= 15 is 0 Å². The van der Waals surface area contributed by atoms with Crippen LogP contribution in [-0.2, 0) is 21.4 Å². The number of nitrogens with zero attached hydrogens (tertiary/aromatic N) is 2. The number of esters is 1. The molecule has 7 nitrogen and oxygen atoms in total. The number of thiophene rings is 1. The number of rotatable bonds is 6. The summed E-state index contributed by atoms with van der Waals surface area (Å²) in [5.41, 5.74) is 1.95. The number of carbonyl (C=O) groups is 1. The van der Waals surface area contributed by atoms with Crippen molar-refractivity contribution in [1.82, 2.24) is 9.78 Å². The topological polar surface area (TPSA) is 90.3 Å².